The predicted molar refractivity (Wildman–Crippen MR) is 104 cm³/mol. The van der Waals surface area contributed by atoms with Gasteiger partial charge in [-0.3, -0.25) is 9.79 Å². The van der Waals surface area contributed by atoms with Crippen LogP contribution in [0.25, 0.3) is 0 Å². The molecular formula is C19H29N5O3. The van der Waals surface area contributed by atoms with E-state index in [2.05, 4.69) is 25.5 Å². The van der Waals surface area contributed by atoms with Gasteiger partial charge in [-0.15, -0.1) is 0 Å². The Bertz CT molecular complexity index is 643. The van der Waals surface area contributed by atoms with Crippen LogP contribution < -0.4 is 10.6 Å². The smallest absolute Gasteiger partial charge is 0.227 e. The van der Waals surface area contributed by atoms with E-state index in [4.69, 9.17) is 9.47 Å². The van der Waals surface area contributed by atoms with Crippen LogP contribution >= 0.6 is 0 Å². The molecule has 148 valence electrons. The number of anilines is 1. The summed E-state index contributed by atoms with van der Waals surface area (Å²) in [6.07, 6.45) is 4.49. The largest absolute Gasteiger partial charge is 0.375 e. The summed E-state index contributed by atoms with van der Waals surface area (Å²) in [5.41, 5.74) is 1.06. The molecule has 27 heavy (non-hydrogen) atoms. The number of aromatic nitrogens is 1. The van der Waals surface area contributed by atoms with E-state index in [1.165, 1.54) is 0 Å². The van der Waals surface area contributed by atoms with Crippen molar-refractivity contribution in [3.63, 3.8) is 0 Å². The van der Waals surface area contributed by atoms with Gasteiger partial charge in [-0.1, -0.05) is 6.07 Å². The van der Waals surface area contributed by atoms with Crippen LogP contribution in [-0.4, -0.2) is 73.9 Å². The maximum atomic E-state index is 12.1. The van der Waals surface area contributed by atoms with Crippen molar-refractivity contribution in [2.24, 2.45) is 4.99 Å². The second-order valence-corrected chi connectivity index (χ2v) is 6.90. The Balaban J connectivity index is 1.43. The molecule has 3 heterocycles. The molecular weight excluding hydrogens is 346 g/mol. The molecule has 1 aromatic rings. The molecule has 0 saturated carbocycles. The van der Waals surface area contributed by atoms with E-state index in [1.807, 2.05) is 13.0 Å². The fraction of sp³-hybridized carbons (Fsp3) is 0.632. The highest BCUT2D eigenvalue weighted by atomic mass is 16.5. The standard InChI is InChI=1S/C19H29N5O3/c1-14-5-6-17(22-12-14)23-18(25)7-8-21-19(20-2)24-9-11-27-16(13-24)15-4-3-10-26-15/h5-6,12,15-16H,3-4,7-11,13H2,1-2H3,(H,20,21)(H,22,23,25). The number of carbonyl (C=O) groups is 1. The molecule has 3 rings (SSSR count). The lowest BCUT2D eigenvalue weighted by atomic mass is 10.1. The number of hydrogen-bond acceptors (Lipinski definition) is 5. The van der Waals surface area contributed by atoms with Crippen molar-refractivity contribution < 1.29 is 14.3 Å². The maximum Gasteiger partial charge on any atom is 0.227 e. The molecule has 8 heteroatoms. The van der Waals surface area contributed by atoms with Gasteiger partial charge < -0.3 is 25.0 Å². The summed E-state index contributed by atoms with van der Waals surface area (Å²) in [6.45, 7) is 5.48. The third kappa shape index (κ3) is 5.64. The molecule has 0 spiro atoms. The molecule has 1 amide bonds. The van der Waals surface area contributed by atoms with E-state index >= 15 is 0 Å². The van der Waals surface area contributed by atoms with Crippen LogP contribution in [0, 0.1) is 6.92 Å². The Kier molecular flexibility index (Phi) is 7.00. The Morgan fingerprint density at radius 1 is 1.33 bits per heavy atom. The van der Waals surface area contributed by atoms with Gasteiger partial charge in [0.25, 0.3) is 0 Å². The van der Waals surface area contributed by atoms with Gasteiger partial charge in [-0.2, -0.15) is 0 Å². The van der Waals surface area contributed by atoms with Crippen molar-refractivity contribution in [2.45, 2.75) is 38.4 Å². The van der Waals surface area contributed by atoms with Gasteiger partial charge in [-0.25, -0.2) is 4.98 Å². The van der Waals surface area contributed by atoms with Crippen molar-refractivity contribution in [1.82, 2.24) is 15.2 Å². The third-order valence-electron chi connectivity index (χ3n) is 4.80. The second kappa shape index (κ2) is 9.66. The topological polar surface area (TPSA) is 88.1 Å². The lowest BCUT2D eigenvalue weighted by molar-refractivity contribution is -0.116. The van der Waals surface area contributed by atoms with E-state index in [-0.39, 0.29) is 18.1 Å². The van der Waals surface area contributed by atoms with Crippen LogP contribution in [-0.2, 0) is 14.3 Å². The van der Waals surface area contributed by atoms with Gasteiger partial charge in [-0.05, 0) is 31.4 Å². The number of carbonyl (C=O) groups excluding carboxylic acids is 1. The summed E-state index contributed by atoms with van der Waals surface area (Å²) in [7, 11) is 1.76. The third-order valence-corrected chi connectivity index (χ3v) is 4.80. The summed E-state index contributed by atoms with van der Waals surface area (Å²) in [6, 6.07) is 3.73. The van der Waals surface area contributed by atoms with Crippen LogP contribution in [0.2, 0.25) is 0 Å². The van der Waals surface area contributed by atoms with Gasteiger partial charge in [0, 0.05) is 45.9 Å². The van der Waals surface area contributed by atoms with Crippen molar-refractivity contribution in [3.05, 3.63) is 23.9 Å². The molecule has 2 saturated heterocycles. The first kappa shape index (κ1) is 19.6. The summed E-state index contributed by atoms with van der Waals surface area (Å²) in [4.78, 5) is 22.8. The number of guanidine groups is 1. The average Bonchev–Trinajstić information content (AvgIpc) is 3.22. The summed E-state index contributed by atoms with van der Waals surface area (Å²) in [5.74, 6) is 1.29. The maximum absolute atomic E-state index is 12.1. The molecule has 0 bridgehead atoms. The molecule has 0 radical (unpaired) electrons. The number of rotatable bonds is 5. The van der Waals surface area contributed by atoms with Crippen LogP contribution in [0.3, 0.4) is 0 Å². The number of morpholine rings is 1. The van der Waals surface area contributed by atoms with Crippen LogP contribution in [0.15, 0.2) is 23.3 Å². The Morgan fingerprint density at radius 3 is 2.89 bits per heavy atom. The number of nitrogens with zero attached hydrogens (tertiary/aromatic N) is 3. The molecule has 2 aliphatic rings. The van der Waals surface area contributed by atoms with E-state index in [1.54, 1.807) is 19.3 Å². The van der Waals surface area contributed by atoms with Crippen molar-refractivity contribution in [2.75, 3.05) is 45.2 Å². The highest BCUT2D eigenvalue weighted by Crippen LogP contribution is 2.21. The Labute approximate surface area is 160 Å². The van der Waals surface area contributed by atoms with E-state index in [0.29, 0.717) is 25.4 Å². The molecule has 2 aliphatic heterocycles. The number of nitrogens with one attached hydrogen (secondary N) is 2. The minimum Gasteiger partial charge on any atom is -0.375 e. The van der Waals surface area contributed by atoms with Crippen LogP contribution in [0.5, 0.6) is 0 Å². The first-order valence-corrected chi connectivity index (χ1v) is 9.57. The quantitative estimate of drug-likeness (QED) is 0.593. The number of hydrogen-bond donors (Lipinski definition) is 2. The minimum absolute atomic E-state index is 0.0754. The molecule has 1 aromatic heterocycles. The fourth-order valence-electron chi connectivity index (χ4n) is 3.36. The van der Waals surface area contributed by atoms with Gasteiger partial charge in [0.2, 0.25) is 5.91 Å². The molecule has 0 aliphatic carbocycles. The molecule has 2 unspecified atom stereocenters. The molecule has 8 nitrogen and oxygen atoms in total. The molecule has 2 N–H and O–H groups in total. The van der Waals surface area contributed by atoms with Gasteiger partial charge in [0.1, 0.15) is 11.9 Å². The van der Waals surface area contributed by atoms with Gasteiger partial charge >= 0.3 is 0 Å². The first-order chi connectivity index (χ1) is 13.2. The fourth-order valence-corrected chi connectivity index (χ4v) is 3.36. The number of pyridine rings is 1. The summed E-state index contributed by atoms with van der Waals surface area (Å²) < 4.78 is 11.6. The average molecular weight is 375 g/mol. The molecule has 2 fully saturated rings. The zero-order valence-electron chi connectivity index (χ0n) is 16.1. The van der Waals surface area contributed by atoms with E-state index < -0.39 is 0 Å². The zero-order valence-corrected chi connectivity index (χ0v) is 16.1. The zero-order chi connectivity index (χ0) is 19.1. The van der Waals surface area contributed by atoms with Crippen LogP contribution in [0.1, 0.15) is 24.8 Å². The second-order valence-electron chi connectivity index (χ2n) is 6.90. The summed E-state index contributed by atoms with van der Waals surface area (Å²) >= 11 is 0. The van der Waals surface area contributed by atoms with Gasteiger partial charge in [0.05, 0.1) is 12.7 Å². The van der Waals surface area contributed by atoms with Crippen molar-refractivity contribution >= 4 is 17.7 Å². The Morgan fingerprint density at radius 2 is 2.19 bits per heavy atom. The first-order valence-electron chi connectivity index (χ1n) is 9.57. The number of aryl methyl sites for hydroxylation is 1. The highest BCUT2D eigenvalue weighted by molar-refractivity contribution is 5.90. The predicted octanol–water partition coefficient (Wildman–Crippen LogP) is 1.17. The number of amides is 1. The monoisotopic (exact) mass is 375 g/mol. The van der Waals surface area contributed by atoms with E-state index in [9.17, 15) is 4.79 Å². The minimum atomic E-state index is -0.0754. The lowest BCUT2D eigenvalue weighted by Crippen LogP contribution is -2.53. The van der Waals surface area contributed by atoms with E-state index in [0.717, 1.165) is 44.1 Å². The Hall–Kier alpha value is -2.19. The number of aliphatic imine (C=N–C) groups is 1. The normalized spacial score (nSPS) is 23.3. The molecule has 2 atom stereocenters. The highest BCUT2D eigenvalue weighted by Gasteiger charge is 2.32. The lowest BCUT2D eigenvalue weighted by Gasteiger charge is -2.37. The summed E-state index contributed by atoms with van der Waals surface area (Å²) in [5, 5.41) is 6.08. The van der Waals surface area contributed by atoms with Crippen molar-refractivity contribution in [3.8, 4) is 0 Å². The van der Waals surface area contributed by atoms with Crippen LogP contribution in [0.4, 0.5) is 5.82 Å². The SMILES string of the molecule is CN=C(NCCC(=O)Nc1ccc(C)cn1)N1CCOC(C2CCCO2)C1. The van der Waals surface area contributed by atoms with Gasteiger partial charge in [0.15, 0.2) is 5.96 Å². The van der Waals surface area contributed by atoms with Crippen molar-refractivity contribution in [1.29, 1.82) is 0 Å². The molecule has 0 aromatic carbocycles. The number of ether oxygens (including phenoxy) is 2.